The molecular weight excluding hydrogens is 262 g/mol. The fourth-order valence-electron chi connectivity index (χ4n) is 2.96. The summed E-state index contributed by atoms with van der Waals surface area (Å²) in [6.45, 7) is 4.08. The number of nitrogens with one attached hydrogen (secondary N) is 1. The third-order valence-corrected chi connectivity index (χ3v) is 4.38. The molecule has 1 aliphatic heterocycles. The van der Waals surface area contributed by atoms with Crippen LogP contribution in [0.15, 0.2) is 42.5 Å². The van der Waals surface area contributed by atoms with Crippen molar-refractivity contribution >= 4 is 11.6 Å². The molecule has 1 N–H and O–H groups in total. The maximum atomic E-state index is 12.5. The first kappa shape index (κ1) is 13.7. The lowest BCUT2D eigenvalue weighted by atomic mass is 9.77. The average Bonchev–Trinajstić information content (AvgIpc) is 2.73. The number of anilines is 1. The van der Waals surface area contributed by atoms with Gasteiger partial charge in [0.1, 0.15) is 5.75 Å². The lowest BCUT2D eigenvalue weighted by Crippen LogP contribution is -2.33. The van der Waals surface area contributed by atoms with Crippen molar-refractivity contribution in [1.29, 1.82) is 0 Å². The summed E-state index contributed by atoms with van der Waals surface area (Å²) < 4.78 is 5.30. The molecule has 0 aromatic heterocycles. The monoisotopic (exact) mass is 281 g/mol. The minimum absolute atomic E-state index is 0.0500. The molecule has 1 atom stereocenters. The van der Waals surface area contributed by atoms with E-state index in [0.717, 1.165) is 17.0 Å². The molecule has 3 nitrogen and oxygen atoms in total. The first-order chi connectivity index (χ1) is 10.0. The van der Waals surface area contributed by atoms with Gasteiger partial charge < -0.3 is 10.1 Å². The van der Waals surface area contributed by atoms with Crippen LogP contribution >= 0.6 is 0 Å². The van der Waals surface area contributed by atoms with Crippen LogP contribution in [-0.2, 0) is 16.6 Å². The summed E-state index contributed by atoms with van der Waals surface area (Å²) in [6.07, 6.45) is 0.686. The second-order valence-electron chi connectivity index (χ2n) is 5.80. The van der Waals surface area contributed by atoms with Crippen molar-refractivity contribution in [3.63, 3.8) is 0 Å². The van der Waals surface area contributed by atoms with Gasteiger partial charge in [-0.25, -0.2) is 0 Å². The molecule has 0 radical (unpaired) electrons. The zero-order valence-electron chi connectivity index (χ0n) is 12.6. The van der Waals surface area contributed by atoms with Gasteiger partial charge in [-0.2, -0.15) is 0 Å². The molecule has 3 rings (SSSR count). The van der Waals surface area contributed by atoms with Crippen LogP contribution < -0.4 is 10.1 Å². The maximum absolute atomic E-state index is 12.5. The zero-order chi connectivity index (χ0) is 15.0. The van der Waals surface area contributed by atoms with Crippen molar-refractivity contribution in [2.45, 2.75) is 25.7 Å². The number of hydrogen-bond donors (Lipinski definition) is 1. The number of carbonyl (C=O) groups excluding carboxylic acids is 1. The molecule has 2 aromatic rings. The van der Waals surface area contributed by atoms with Gasteiger partial charge in [-0.05, 0) is 55.2 Å². The number of benzene rings is 2. The number of rotatable bonds is 3. The van der Waals surface area contributed by atoms with Crippen molar-refractivity contribution in [3.05, 3.63) is 59.2 Å². The highest BCUT2D eigenvalue weighted by molar-refractivity contribution is 6.06. The van der Waals surface area contributed by atoms with Crippen LogP contribution in [-0.4, -0.2) is 13.0 Å². The second kappa shape index (κ2) is 4.92. The van der Waals surface area contributed by atoms with Gasteiger partial charge in [0.05, 0.1) is 12.5 Å². The highest BCUT2D eigenvalue weighted by Crippen LogP contribution is 2.42. The van der Waals surface area contributed by atoms with Crippen LogP contribution in [0.4, 0.5) is 5.69 Å². The largest absolute Gasteiger partial charge is 0.497 e. The van der Waals surface area contributed by atoms with Gasteiger partial charge in [0.2, 0.25) is 5.91 Å². The van der Waals surface area contributed by atoms with Crippen molar-refractivity contribution in [3.8, 4) is 5.75 Å². The summed E-state index contributed by atoms with van der Waals surface area (Å²) in [7, 11) is 1.64. The van der Waals surface area contributed by atoms with Gasteiger partial charge in [0.25, 0.3) is 0 Å². The predicted molar refractivity (Wildman–Crippen MR) is 83.9 cm³/mol. The topological polar surface area (TPSA) is 38.3 Å². The van der Waals surface area contributed by atoms with Crippen LogP contribution in [0.25, 0.3) is 0 Å². The van der Waals surface area contributed by atoms with E-state index in [2.05, 4.69) is 24.4 Å². The molecule has 108 valence electrons. The molecule has 3 heteroatoms. The van der Waals surface area contributed by atoms with E-state index in [1.165, 1.54) is 11.1 Å². The number of aryl methyl sites for hydroxylation is 1. The van der Waals surface area contributed by atoms with Crippen LogP contribution in [0.3, 0.4) is 0 Å². The highest BCUT2D eigenvalue weighted by Gasteiger charge is 2.43. The predicted octanol–water partition coefficient (Wildman–Crippen LogP) is 3.46. The Morgan fingerprint density at radius 2 is 1.95 bits per heavy atom. The third-order valence-electron chi connectivity index (χ3n) is 4.38. The quantitative estimate of drug-likeness (QED) is 0.935. The Kier molecular flexibility index (Phi) is 3.20. The number of carbonyl (C=O) groups is 1. The molecule has 0 fully saturated rings. The van der Waals surface area contributed by atoms with Gasteiger partial charge in [-0.1, -0.05) is 24.3 Å². The van der Waals surface area contributed by atoms with Crippen LogP contribution in [0, 0.1) is 6.92 Å². The van der Waals surface area contributed by atoms with Crippen LogP contribution in [0.2, 0.25) is 0 Å². The average molecular weight is 281 g/mol. The van der Waals surface area contributed by atoms with Crippen molar-refractivity contribution < 1.29 is 9.53 Å². The lowest BCUT2D eigenvalue weighted by molar-refractivity contribution is -0.120. The Balaban J connectivity index is 2.05. The fourth-order valence-corrected chi connectivity index (χ4v) is 2.96. The number of ether oxygens (including phenoxy) is 1. The molecule has 0 aliphatic carbocycles. The standard InChI is InChI=1S/C18H19NO2/c1-12-6-4-5-7-13(12)11-18(2)15-10-14(21-3)8-9-16(15)19-17(18)20/h4-10H,11H2,1-3H3,(H,19,20). The van der Waals surface area contributed by atoms with Crippen molar-refractivity contribution in [1.82, 2.24) is 0 Å². The molecule has 1 unspecified atom stereocenters. The van der Waals surface area contributed by atoms with Crippen molar-refractivity contribution in [2.75, 3.05) is 12.4 Å². The molecular formula is C18H19NO2. The SMILES string of the molecule is COc1ccc2c(c1)C(C)(Cc1ccccc1C)C(=O)N2. The van der Waals surface area contributed by atoms with Gasteiger partial charge >= 0.3 is 0 Å². The van der Waals surface area contributed by atoms with Crippen molar-refractivity contribution in [2.24, 2.45) is 0 Å². The Morgan fingerprint density at radius 3 is 2.67 bits per heavy atom. The molecule has 0 bridgehead atoms. The van der Waals surface area contributed by atoms with E-state index >= 15 is 0 Å². The normalized spacial score (nSPS) is 20.0. The Bertz CT molecular complexity index is 708. The molecule has 21 heavy (non-hydrogen) atoms. The highest BCUT2D eigenvalue weighted by atomic mass is 16.5. The van der Waals surface area contributed by atoms with Gasteiger partial charge in [0, 0.05) is 5.69 Å². The van der Waals surface area contributed by atoms with Gasteiger partial charge in [0.15, 0.2) is 0 Å². The van der Waals surface area contributed by atoms with E-state index in [0.29, 0.717) is 6.42 Å². The smallest absolute Gasteiger partial charge is 0.235 e. The molecule has 0 saturated carbocycles. The summed E-state index contributed by atoms with van der Waals surface area (Å²) in [5.74, 6) is 0.829. The van der Waals surface area contributed by atoms with E-state index in [4.69, 9.17) is 4.74 Å². The van der Waals surface area contributed by atoms with E-state index in [1.807, 2.05) is 37.3 Å². The van der Waals surface area contributed by atoms with E-state index < -0.39 is 5.41 Å². The number of hydrogen-bond acceptors (Lipinski definition) is 2. The van der Waals surface area contributed by atoms with Crippen LogP contribution in [0.5, 0.6) is 5.75 Å². The minimum Gasteiger partial charge on any atom is -0.497 e. The van der Waals surface area contributed by atoms with Crippen LogP contribution in [0.1, 0.15) is 23.6 Å². The summed E-state index contributed by atoms with van der Waals surface area (Å²) in [6, 6.07) is 14.0. The lowest BCUT2D eigenvalue weighted by Gasteiger charge is -2.23. The number of methoxy groups -OCH3 is 1. The second-order valence-corrected chi connectivity index (χ2v) is 5.80. The van der Waals surface area contributed by atoms with E-state index in [1.54, 1.807) is 7.11 Å². The van der Waals surface area contributed by atoms with Gasteiger partial charge in [-0.15, -0.1) is 0 Å². The Hall–Kier alpha value is -2.29. The summed E-state index contributed by atoms with van der Waals surface area (Å²) in [5, 5.41) is 2.98. The molecule has 0 saturated heterocycles. The number of fused-ring (bicyclic) bond motifs is 1. The summed E-state index contributed by atoms with van der Waals surface area (Å²) in [5.41, 5.74) is 3.75. The maximum Gasteiger partial charge on any atom is 0.235 e. The fraction of sp³-hybridized carbons (Fsp3) is 0.278. The Labute approximate surface area is 124 Å². The van der Waals surface area contributed by atoms with E-state index in [-0.39, 0.29) is 5.91 Å². The summed E-state index contributed by atoms with van der Waals surface area (Å²) in [4.78, 5) is 12.5. The molecule has 1 heterocycles. The molecule has 0 spiro atoms. The Morgan fingerprint density at radius 1 is 1.19 bits per heavy atom. The molecule has 1 amide bonds. The van der Waals surface area contributed by atoms with E-state index in [9.17, 15) is 4.79 Å². The third kappa shape index (κ3) is 2.19. The first-order valence-electron chi connectivity index (χ1n) is 7.09. The minimum atomic E-state index is -0.560. The first-order valence-corrected chi connectivity index (χ1v) is 7.09. The summed E-state index contributed by atoms with van der Waals surface area (Å²) >= 11 is 0. The molecule has 2 aromatic carbocycles. The number of amides is 1. The molecule has 1 aliphatic rings. The zero-order valence-corrected chi connectivity index (χ0v) is 12.6. The van der Waals surface area contributed by atoms with Gasteiger partial charge in [-0.3, -0.25) is 4.79 Å².